The number of nitrogens with two attached hydrogens (primary N) is 4. The number of hydrogen-bond donors (Lipinski definition) is 4. The van der Waals surface area contributed by atoms with E-state index >= 15 is 0 Å². The van der Waals surface area contributed by atoms with Crippen molar-refractivity contribution < 1.29 is 17.6 Å². The average Bonchev–Trinajstić information content (AvgIpc) is 2.93. The first-order valence-corrected chi connectivity index (χ1v) is 15.5. The monoisotopic (exact) mass is 640 g/mol. The predicted octanol–water partition coefficient (Wildman–Crippen LogP) is 11.0. The molecule has 8 N–H and O–H groups in total. The number of anilines is 4. The number of aryl methyl sites for hydroxylation is 1. The van der Waals surface area contributed by atoms with Crippen molar-refractivity contribution >= 4 is 22.7 Å². The molecule has 4 aromatic carbocycles. The summed E-state index contributed by atoms with van der Waals surface area (Å²) in [4.78, 5) is 0. The van der Waals surface area contributed by atoms with Crippen molar-refractivity contribution in [2.24, 2.45) is 0 Å². The maximum atomic E-state index is 12.5. The topological polar surface area (TPSA) is 104 Å². The highest BCUT2D eigenvalue weighted by Gasteiger charge is 2.30. The summed E-state index contributed by atoms with van der Waals surface area (Å²) in [5.41, 5.74) is 30.0. The molecule has 0 bridgehead atoms. The van der Waals surface area contributed by atoms with Gasteiger partial charge in [-0.2, -0.15) is 13.2 Å². The molecular formula is C38H52F4N4. The minimum Gasteiger partial charge on any atom is -0.398 e. The van der Waals surface area contributed by atoms with Crippen LogP contribution in [-0.2, 0) is 6.18 Å². The molecule has 4 aromatic rings. The fourth-order valence-corrected chi connectivity index (χ4v) is 4.60. The number of hydrogen-bond acceptors (Lipinski definition) is 4. The van der Waals surface area contributed by atoms with Crippen LogP contribution >= 0.6 is 0 Å². The standard InChI is InChI=1S/C10H12F3N.C10H15N.C9H12FN.C9H13N/c1-6(2)8-4-3-7(5-9(8)14)10(11,12)13;1-7(2)9-5-4-8(3)6-10(9)11;1-6(2)8-4-3-7(10)5-9(8)11;1-7(2)8-5-3-4-6-9(8)10/h3-6H,14H2,1-2H3;4-7H,11H2,1-3H3;3-6H,11H2,1-2H3;3-7H,10H2,1-2H3. The van der Waals surface area contributed by atoms with Gasteiger partial charge in [-0.3, -0.25) is 0 Å². The average molecular weight is 641 g/mol. The third-order valence-electron chi connectivity index (χ3n) is 7.19. The van der Waals surface area contributed by atoms with E-state index in [0.717, 1.165) is 34.6 Å². The summed E-state index contributed by atoms with van der Waals surface area (Å²) < 4.78 is 49.3. The summed E-state index contributed by atoms with van der Waals surface area (Å²) in [6.45, 7) is 18.5. The third kappa shape index (κ3) is 13.0. The molecular weight excluding hydrogens is 588 g/mol. The number of halogens is 4. The highest BCUT2D eigenvalue weighted by Crippen LogP contribution is 2.33. The van der Waals surface area contributed by atoms with Gasteiger partial charge in [-0.1, -0.05) is 97.9 Å². The first kappa shape index (κ1) is 39.8. The van der Waals surface area contributed by atoms with Crippen LogP contribution in [0.25, 0.3) is 0 Å². The molecule has 8 heteroatoms. The summed E-state index contributed by atoms with van der Waals surface area (Å²) in [6.07, 6.45) is -4.32. The predicted molar refractivity (Wildman–Crippen MR) is 189 cm³/mol. The Morgan fingerprint density at radius 1 is 0.478 bits per heavy atom. The summed E-state index contributed by atoms with van der Waals surface area (Å²) in [7, 11) is 0. The first-order chi connectivity index (χ1) is 21.3. The smallest absolute Gasteiger partial charge is 0.398 e. The Kier molecular flexibility index (Phi) is 15.6. The van der Waals surface area contributed by atoms with Gasteiger partial charge in [0.1, 0.15) is 5.82 Å². The van der Waals surface area contributed by atoms with Crippen LogP contribution in [-0.4, -0.2) is 0 Å². The second-order valence-electron chi connectivity index (χ2n) is 12.5. The van der Waals surface area contributed by atoms with E-state index in [1.807, 2.05) is 52.0 Å². The van der Waals surface area contributed by atoms with Crippen molar-refractivity contribution in [3.05, 3.63) is 118 Å². The van der Waals surface area contributed by atoms with E-state index in [4.69, 9.17) is 22.9 Å². The van der Waals surface area contributed by atoms with Crippen molar-refractivity contribution in [3.8, 4) is 0 Å². The maximum Gasteiger partial charge on any atom is 0.416 e. The van der Waals surface area contributed by atoms with E-state index in [-0.39, 0.29) is 17.4 Å². The van der Waals surface area contributed by atoms with E-state index in [2.05, 4.69) is 52.8 Å². The van der Waals surface area contributed by atoms with Crippen LogP contribution in [0.15, 0.2) is 78.9 Å². The van der Waals surface area contributed by atoms with E-state index in [9.17, 15) is 17.6 Å². The fourth-order valence-electron chi connectivity index (χ4n) is 4.60. The van der Waals surface area contributed by atoms with Gasteiger partial charge in [0.25, 0.3) is 0 Å². The minimum atomic E-state index is -4.32. The second kappa shape index (κ2) is 18.1. The van der Waals surface area contributed by atoms with Crippen LogP contribution in [0.4, 0.5) is 40.3 Å². The number of benzene rings is 4. The lowest BCUT2D eigenvalue weighted by Gasteiger charge is -2.12. The van der Waals surface area contributed by atoms with Crippen LogP contribution in [0, 0.1) is 12.7 Å². The van der Waals surface area contributed by atoms with Gasteiger partial charge < -0.3 is 22.9 Å². The second-order valence-corrected chi connectivity index (χ2v) is 12.5. The van der Waals surface area contributed by atoms with E-state index in [1.54, 1.807) is 6.07 Å². The van der Waals surface area contributed by atoms with Crippen molar-refractivity contribution in [3.63, 3.8) is 0 Å². The van der Waals surface area contributed by atoms with Crippen molar-refractivity contribution in [2.75, 3.05) is 22.9 Å². The minimum absolute atomic E-state index is 0.136. The van der Waals surface area contributed by atoms with Crippen LogP contribution < -0.4 is 22.9 Å². The van der Waals surface area contributed by atoms with Crippen LogP contribution in [0.1, 0.15) is 112 Å². The summed E-state index contributed by atoms with van der Waals surface area (Å²) in [5, 5.41) is 0. The Balaban J connectivity index is 0.000000309. The fraction of sp³-hybridized carbons (Fsp3) is 0.368. The summed E-state index contributed by atoms with van der Waals surface area (Å²) >= 11 is 0. The Hall–Kier alpha value is -4.20. The molecule has 0 saturated heterocycles. The lowest BCUT2D eigenvalue weighted by atomic mass is 9.99. The van der Waals surface area contributed by atoms with Crippen LogP contribution in [0.5, 0.6) is 0 Å². The molecule has 4 rings (SSSR count). The van der Waals surface area contributed by atoms with Gasteiger partial charge in [0.15, 0.2) is 0 Å². The molecule has 0 atom stereocenters. The molecule has 0 saturated carbocycles. The molecule has 0 spiro atoms. The Morgan fingerprint density at radius 3 is 1.24 bits per heavy atom. The lowest BCUT2D eigenvalue weighted by molar-refractivity contribution is -0.137. The summed E-state index contributed by atoms with van der Waals surface area (Å²) in [5.74, 6) is 1.27. The van der Waals surface area contributed by atoms with Crippen molar-refractivity contribution in [1.29, 1.82) is 0 Å². The highest BCUT2D eigenvalue weighted by atomic mass is 19.4. The maximum absolute atomic E-state index is 12.5. The van der Waals surface area contributed by atoms with Gasteiger partial charge in [0.05, 0.1) is 5.56 Å². The van der Waals surface area contributed by atoms with Gasteiger partial charge in [0.2, 0.25) is 0 Å². The number of alkyl halides is 3. The highest BCUT2D eigenvalue weighted by molar-refractivity contribution is 5.52. The van der Waals surface area contributed by atoms with E-state index in [0.29, 0.717) is 23.4 Å². The first-order valence-electron chi connectivity index (χ1n) is 15.5. The molecule has 252 valence electrons. The van der Waals surface area contributed by atoms with Crippen molar-refractivity contribution in [2.45, 2.75) is 92.2 Å². The quantitative estimate of drug-likeness (QED) is 0.132. The SMILES string of the molecule is CC(C)c1ccc(C(F)(F)F)cc1N.CC(C)c1ccc(F)cc1N.CC(C)c1ccccc1N.Cc1ccc(C(C)C)c(N)c1. The molecule has 4 nitrogen and oxygen atoms in total. The Labute approximate surface area is 273 Å². The summed E-state index contributed by atoms with van der Waals surface area (Å²) in [6, 6.07) is 22.2. The molecule has 0 aliphatic heterocycles. The van der Waals surface area contributed by atoms with Gasteiger partial charge in [0, 0.05) is 22.7 Å². The molecule has 0 radical (unpaired) electrons. The molecule has 46 heavy (non-hydrogen) atoms. The molecule has 0 fully saturated rings. The van der Waals surface area contributed by atoms with Crippen LogP contribution in [0.2, 0.25) is 0 Å². The molecule has 0 aliphatic rings. The van der Waals surface area contributed by atoms with Crippen molar-refractivity contribution in [1.82, 2.24) is 0 Å². The largest absolute Gasteiger partial charge is 0.416 e. The molecule has 0 aliphatic carbocycles. The zero-order valence-corrected chi connectivity index (χ0v) is 28.6. The normalized spacial score (nSPS) is 11.0. The van der Waals surface area contributed by atoms with Gasteiger partial charge >= 0.3 is 6.18 Å². The Morgan fingerprint density at radius 2 is 0.870 bits per heavy atom. The lowest BCUT2D eigenvalue weighted by Crippen LogP contribution is -2.07. The number of para-hydroxylation sites is 1. The number of rotatable bonds is 4. The van der Waals surface area contributed by atoms with Gasteiger partial charge in [-0.25, -0.2) is 4.39 Å². The zero-order valence-electron chi connectivity index (χ0n) is 28.6. The van der Waals surface area contributed by atoms with Crippen LogP contribution in [0.3, 0.4) is 0 Å². The zero-order chi connectivity index (χ0) is 35.4. The molecule has 0 heterocycles. The third-order valence-corrected chi connectivity index (χ3v) is 7.19. The molecule has 0 aromatic heterocycles. The Bertz CT molecular complexity index is 1450. The van der Waals surface area contributed by atoms with Gasteiger partial charge in [-0.15, -0.1) is 0 Å². The molecule has 0 amide bonds. The molecule has 0 unspecified atom stereocenters. The van der Waals surface area contributed by atoms with E-state index in [1.165, 1.54) is 34.9 Å². The van der Waals surface area contributed by atoms with E-state index < -0.39 is 11.7 Å². The number of nitrogen functional groups attached to an aromatic ring is 4. The van der Waals surface area contributed by atoms with Gasteiger partial charge in [-0.05, 0) is 94.8 Å².